The Labute approximate surface area is 206 Å². The van der Waals surface area contributed by atoms with Crippen molar-refractivity contribution in [3.63, 3.8) is 0 Å². The van der Waals surface area contributed by atoms with Crippen LogP contribution < -0.4 is 4.80 Å². The maximum atomic E-state index is 12.6. The summed E-state index contributed by atoms with van der Waals surface area (Å²) in [6.45, 7) is 2.89. The number of rotatable bonds is 10. The van der Waals surface area contributed by atoms with Gasteiger partial charge in [0.2, 0.25) is 5.91 Å². The summed E-state index contributed by atoms with van der Waals surface area (Å²) in [5.74, 6) is -1.01. The minimum Gasteiger partial charge on any atom is -0.462 e. The number of fused-ring (bicyclic) bond motifs is 1. The molecule has 0 aliphatic rings. The summed E-state index contributed by atoms with van der Waals surface area (Å²) in [6, 6.07) is 11.1. The van der Waals surface area contributed by atoms with Crippen LogP contribution in [0.25, 0.3) is 10.2 Å². The number of methoxy groups -OCH3 is 1. The van der Waals surface area contributed by atoms with Crippen LogP contribution in [0.5, 0.6) is 0 Å². The molecule has 3 aromatic rings. The number of hydrogen-bond acceptors (Lipinski definition) is 7. The van der Waals surface area contributed by atoms with Crippen molar-refractivity contribution in [2.45, 2.75) is 31.2 Å². The Balaban J connectivity index is 1.79. The average molecular weight is 525 g/mol. The quantitative estimate of drug-likeness (QED) is 0.373. The zero-order chi connectivity index (χ0) is 24.7. The largest absolute Gasteiger partial charge is 0.462 e. The molecule has 0 saturated carbocycles. The van der Waals surface area contributed by atoms with E-state index in [1.807, 2.05) is 4.57 Å². The molecule has 0 aliphatic heterocycles. The van der Waals surface area contributed by atoms with Gasteiger partial charge in [-0.2, -0.15) is 4.99 Å². The summed E-state index contributed by atoms with van der Waals surface area (Å²) in [5.41, 5.74) is 1.23. The first kappa shape index (κ1) is 26.1. The molecule has 34 heavy (non-hydrogen) atoms. The van der Waals surface area contributed by atoms with E-state index in [0.717, 1.165) is 10.2 Å². The highest BCUT2D eigenvalue weighted by atomic mass is 35.5. The fraction of sp³-hybridized carbons (Fsp3) is 0.348. The SMILES string of the molecule is CCOC(=O)c1ccc2c(c1)sc(=NC(=O)CCCS(=O)(=O)c1ccc(Cl)cc1)n2CCOC. The number of amides is 1. The molecule has 0 N–H and O–H groups in total. The number of aromatic nitrogens is 1. The zero-order valence-electron chi connectivity index (χ0n) is 18.8. The monoisotopic (exact) mass is 524 g/mol. The molecular weight excluding hydrogens is 500 g/mol. The number of halogens is 1. The first-order valence-corrected chi connectivity index (χ1v) is 13.4. The van der Waals surface area contributed by atoms with Crippen molar-refractivity contribution in [2.75, 3.05) is 26.1 Å². The van der Waals surface area contributed by atoms with Crippen LogP contribution in [0.3, 0.4) is 0 Å². The summed E-state index contributed by atoms with van der Waals surface area (Å²) in [6.07, 6.45) is 0.128. The number of ether oxygens (including phenoxy) is 2. The second kappa shape index (κ2) is 11.7. The normalized spacial score (nSPS) is 12.3. The second-order valence-electron chi connectivity index (χ2n) is 7.31. The summed E-state index contributed by atoms with van der Waals surface area (Å²) in [5, 5.41) is 0.451. The average Bonchev–Trinajstić information content (AvgIpc) is 3.13. The van der Waals surface area contributed by atoms with Gasteiger partial charge in [-0.25, -0.2) is 13.2 Å². The molecule has 1 aromatic heterocycles. The number of nitrogens with zero attached hydrogens (tertiary/aromatic N) is 2. The number of sulfone groups is 1. The zero-order valence-corrected chi connectivity index (χ0v) is 21.2. The molecule has 0 fully saturated rings. The van der Waals surface area contributed by atoms with Crippen molar-refractivity contribution in [2.24, 2.45) is 4.99 Å². The number of esters is 1. The van der Waals surface area contributed by atoms with Gasteiger partial charge in [-0.05, 0) is 55.8 Å². The first-order chi connectivity index (χ1) is 16.2. The highest BCUT2D eigenvalue weighted by molar-refractivity contribution is 7.91. The number of benzene rings is 2. The molecule has 11 heteroatoms. The van der Waals surface area contributed by atoms with Crippen molar-refractivity contribution in [3.05, 3.63) is 57.9 Å². The maximum absolute atomic E-state index is 12.6. The van der Waals surface area contributed by atoms with Crippen molar-refractivity contribution in [3.8, 4) is 0 Å². The van der Waals surface area contributed by atoms with E-state index in [1.165, 1.54) is 35.6 Å². The third kappa shape index (κ3) is 6.53. The predicted molar refractivity (Wildman–Crippen MR) is 131 cm³/mol. The Morgan fingerprint density at radius 2 is 1.88 bits per heavy atom. The van der Waals surface area contributed by atoms with Crippen molar-refractivity contribution in [1.29, 1.82) is 0 Å². The Morgan fingerprint density at radius 1 is 1.15 bits per heavy atom. The second-order valence-corrected chi connectivity index (χ2v) is 10.9. The number of carbonyl (C=O) groups is 2. The van der Waals surface area contributed by atoms with Gasteiger partial charge in [-0.15, -0.1) is 0 Å². The molecular formula is C23H25ClN2O6S2. The van der Waals surface area contributed by atoms with Gasteiger partial charge in [0.15, 0.2) is 14.6 Å². The van der Waals surface area contributed by atoms with Crippen LogP contribution >= 0.6 is 22.9 Å². The maximum Gasteiger partial charge on any atom is 0.338 e. The summed E-state index contributed by atoms with van der Waals surface area (Å²) in [4.78, 5) is 29.5. The van der Waals surface area contributed by atoms with E-state index in [2.05, 4.69) is 4.99 Å². The van der Waals surface area contributed by atoms with E-state index in [0.29, 0.717) is 28.5 Å². The van der Waals surface area contributed by atoms with E-state index in [1.54, 1.807) is 32.2 Å². The van der Waals surface area contributed by atoms with Gasteiger partial charge in [0.1, 0.15) is 0 Å². The van der Waals surface area contributed by atoms with Crippen LogP contribution in [0.2, 0.25) is 5.02 Å². The standard InChI is InChI=1S/C23H25ClN2O6S2/c1-3-32-22(28)16-6-11-19-20(15-16)33-23(26(19)12-13-31-2)25-21(27)5-4-14-34(29,30)18-9-7-17(24)8-10-18/h6-11,15H,3-5,12-14H2,1-2H3. The first-order valence-electron chi connectivity index (χ1n) is 10.6. The lowest BCUT2D eigenvalue weighted by Crippen LogP contribution is -2.19. The Kier molecular flexibility index (Phi) is 9.01. The predicted octanol–water partition coefficient (Wildman–Crippen LogP) is 3.86. The summed E-state index contributed by atoms with van der Waals surface area (Å²) in [7, 11) is -1.94. The van der Waals surface area contributed by atoms with Gasteiger partial charge in [-0.3, -0.25) is 4.79 Å². The van der Waals surface area contributed by atoms with Crippen LogP contribution in [0, 0.1) is 0 Å². The van der Waals surface area contributed by atoms with Gasteiger partial charge < -0.3 is 14.0 Å². The molecule has 0 spiro atoms. The smallest absolute Gasteiger partial charge is 0.338 e. The van der Waals surface area contributed by atoms with Gasteiger partial charge in [0.25, 0.3) is 0 Å². The number of thiazole rings is 1. The molecule has 2 aromatic carbocycles. The van der Waals surface area contributed by atoms with Crippen LogP contribution in [0.1, 0.15) is 30.1 Å². The molecule has 1 heterocycles. The number of carbonyl (C=O) groups excluding carboxylic acids is 2. The highest BCUT2D eigenvalue weighted by Crippen LogP contribution is 2.20. The molecule has 0 saturated heterocycles. The Bertz CT molecular complexity index is 1340. The van der Waals surface area contributed by atoms with Gasteiger partial charge in [0.05, 0.1) is 39.6 Å². The lowest BCUT2D eigenvalue weighted by molar-refractivity contribution is -0.118. The summed E-state index contributed by atoms with van der Waals surface area (Å²) >= 11 is 7.08. The Hall–Kier alpha value is -2.53. The lowest BCUT2D eigenvalue weighted by Gasteiger charge is -2.05. The highest BCUT2D eigenvalue weighted by Gasteiger charge is 2.16. The van der Waals surface area contributed by atoms with Crippen molar-refractivity contribution < 1.29 is 27.5 Å². The van der Waals surface area contributed by atoms with E-state index < -0.39 is 21.7 Å². The third-order valence-corrected chi connectivity index (χ3v) is 8.02. The van der Waals surface area contributed by atoms with Gasteiger partial charge >= 0.3 is 5.97 Å². The van der Waals surface area contributed by atoms with Crippen LogP contribution in [-0.2, 0) is 30.7 Å². The molecule has 8 nitrogen and oxygen atoms in total. The third-order valence-electron chi connectivity index (χ3n) is 4.91. The topological polar surface area (TPSA) is 104 Å². The minimum absolute atomic E-state index is 0.0145. The molecule has 0 bridgehead atoms. The van der Waals surface area contributed by atoms with Crippen molar-refractivity contribution >= 4 is 54.9 Å². The van der Waals surface area contributed by atoms with Crippen LogP contribution in [0.15, 0.2) is 52.4 Å². The van der Waals surface area contributed by atoms with E-state index >= 15 is 0 Å². The molecule has 0 aliphatic carbocycles. The molecule has 3 rings (SSSR count). The molecule has 0 radical (unpaired) electrons. The lowest BCUT2D eigenvalue weighted by atomic mass is 10.2. The minimum atomic E-state index is -3.52. The van der Waals surface area contributed by atoms with Gasteiger partial charge in [0, 0.05) is 25.1 Å². The van der Waals surface area contributed by atoms with E-state index in [9.17, 15) is 18.0 Å². The van der Waals surface area contributed by atoms with E-state index in [4.69, 9.17) is 21.1 Å². The fourth-order valence-electron chi connectivity index (χ4n) is 3.23. The van der Waals surface area contributed by atoms with Crippen LogP contribution in [0.4, 0.5) is 0 Å². The molecule has 0 atom stereocenters. The molecule has 1 amide bonds. The molecule has 0 unspecified atom stereocenters. The molecule has 182 valence electrons. The Morgan fingerprint density at radius 3 is 2.56 bits per heavy atom. The number of hydrogen-bond donors (Lipinski definition) is 0. The van der Waals surface area contributed by atoms with Crippen molar-refractivity contribution in [1.82, 2.24) is 4.57 Å². The summed E-state index contributed by atoms with van der Waals surface area (Å²) < 4.78 is 37.8. The fourth-order valence-corrected chi connectivity index (χ4v) is 5.78. The van der Waals surface area contributed by atoms with E-state index in [-0.39, 0.29) is 30.1 Å². The van der Waals surface area contributed by atoms with Gasteiger partial charge in [-0.1, -0.05) is 22.9 Å². The van der Waals surface area contributed by atoms with Crippen LogP contribution in [-0.4, -0.2) is 50.9 Å².